The fourth-order valence-electron chi connectivity index (χ4n) is 1.01. The predicted octanol–water partition coefficient (Wildman–Crippen LogP) is 1.09. The minimum absolute atomic E-state index is 0. The molecule has 0 amide bonds. The Kier molecular flexibility index (Phi) is 3.61. The zero-order chi connectivity index (χ0) is 7.68. The Balaban J connectivity index is 0.000000720. The van der Waals surface area contributed by atoms with Crippen LogP contribution in [0.5, 0.6) is 0 Å². The largest absolute Gasteiger partial charge is 0.354 e. The van der Waals surface area contributed by atoms with Crippen molar-refractivity contribution >= 4 is 29.9 Å². The van der Waals surface area contributed by atoms with Crippen molar-refractivity contribution in [3.8, 4) is 0 Å². The van der Waals surface area contributed by atoms with E-state index in [4.69, 9.17) is 0 Å². The number of guanidine groups is 1. The van der Waals surface area contributed by atoms with Gasteiger partial charge in [0.05, 0.1) is 0 Å². The lowest BCUT2D eigenvalue weighted by Crippen LogP contribution is -2.39. The van der Waals surface area contributed by atoms with Gasteiger partial charge in [0.25, 0.3) is 0 Å². The van der Waals surface area contributed by atoms with Crippen LogP contribution in [0.3, 0.4) is 0 Å². The third kappa shape index (κ3) is 3.16. The second-order valence-electron chi connectivity index (χ2n) is 3.41. The van der Waals surface area contributed by atoms with E-state index in [9.17, 15) is 0 Å². The van der Waals surface area contributed by atoms with Crippen LogP contribution in [0.4, 0.5) is 0 Å². The van der Waals surface area contributed by atoms with Crippen LogP contribution in [0, 0.1) is 0 Å². The summed E-state index contributed by atoms with van der Waals surface area (Å²) in [5, 5.41) is 6.70. The molecule has 2 fully saturated rings. The minimum Gasteiger partial charge on any atom is -0.354 e. The third-order valence-electron chi connectivity index (χ3n) is 2.06. The molecule has 0 saturated heterocycles. The molecule has 0 aromatic heterocycles. The second kappa shape index (κ2) is 4.30. The van der Waals surface area contributed by atoms with Gasteiger partial charge in [-0.3, -0.25) is 4.99 Å². The van der Waals surface area contributed by atoms with Crippen molar-refractivity contribution in [2.75, 3.05) is 7.05 Å². The summed E-state index contributed by atoms with van der Waals surface area (Å²) in [6.45, 7) is 0. The molecule has 0 spiro atoms. The molecule has 4 heteroatoms. The highest BCUT2D eigenvalue weighted by Gasteiger charge is 2.26. The van der Waals surface area contributed by atoms with Crippen LogP contribution in [-0.4, -0.2) is 25.1 Å². The quantitative estimate of drug-likeness (QED) is 0.452. The van der Waals surface area contributed by atoms with Crippen LogP contribution in [-0.2, 0) is 0 Å². The van der Waals surface area contributed by atoms with Crippen molar-refractivity contribution in [1.29, 1.82) is 0 Å². The van der Waals surface area contributed by atoms with Crippen molar-refractivity contribution < 1.29 is 0 Å². The average molecular weight is 281 g/mol. The first-order valence-electron chi connectivity index (χ1n) is 4.38. The summed E-state index contributed by atoms with van der Waals surface area (Å²) in [4.78, 5) is 4.14. The molecule has 70 valence electrons. The van der Waals surface area contributed by atoms with Crippen molar-refractivity contribution in [3.63, 3.8) is 0 Å². The molecule has 0 radical (unpaired) electrons. The lowest BCUT2D eigenvalue weighted by atomic mass is 10.6. The summed E-state index contributed by atoms with van der Waals surface area (Å²) in [7, 11) is 1.83. The molecule has 3 nitrogen and oxygen atoms in total. The molecule has 0 aromatic carbocycles. The van der Waals surface area contributed by atoms with Crippen molar-refractivity contribution in [2.24, 2.45) is 4.99 Å². The lowest BCUT2D eigenvalue weighted by molar-refractivity contribution is 0.802. The van der Waals surface area contributed by atoms with Crippen LogP contribution in [0.1, 0.15) is 25.7 Å². The van der Waals surface area contributed by atoms with E-state index >= 15 is 0 Å². The van der Waals surface area contributed by atoms with E-state index in [2.05, 4.69) is 15.6 Å². The predicted molar refractivity (Wildman–Crippen MR) is 61.1 cm³/mol. The molecule has 2 aliphatic rings. The Hall–Kier alpha value is 0. The van der Waals surface area contributed by atoms with Crippen LogP contribution in [0.25, 0.3) is 0 Å². The maximum Gasteiger partial charge on any atom is 0.191 e. The minimum atomic E-state index is 0. The van der Waals surface area contributed by atoms with E-state index in [-0.39, 0.29) is 24.0 Å². The second-order valence-corrected chi connectivity index (χ2v) is 3.41. The van der Waals surface area contributed by atoms with Gasteiger partial charge in [-0.25, -0.2) is 0 Å². The Morgan fingerprint density at radius 2 is 1.50 bits per heavy atom. The van der Waals surface area contributed by atoms with Crippen LogP contribution in [0.2, 0.25) is 0 Å². The molecule has 2 aliphatic carbocycles. The smallest absolute Gasteiger partial charge is 0.191 e. The summed E-state index contributed by atoms with van der Waals surface area (Å²) in [6.07, 6.45) is 5.24. The maximum atomic E-state index is 4.14. The number of rotatable bonds is 2. The van der Waals surface area contributed by atoms with Crippen LogP contribution < -0.4 is 10.6 Å². The van der Waals surface area contributed by atoms with Crippen molar-refractivity contribution in [3.05, 3.63) is 0 Å². The highest BCUT2D eigenvalue weighted by atomic mass is 127. The molecule has 0 aliphatic heterocycles. The molecular formula is C8H16IN3. The topological polar surface area (TPSA) is 36.4 Å². The molecule has 0 heterocycles. The Morgan fingerprint density at radius 3 is 1.75 bits per heavy atom. The molecule has 0 aromatic rings. The molecule has 2 saturated carbocycles. The van der Waals surface area contributed by atoms with E-state index in [1.807, 2.05) is 7.05 Å². The van der Waals surface area contributed by atoms with E-state index in [1.54, 1.807) is 0 Å². The van der Waals surface area contributed by atoms with E-state index in [0.29, 0.717) is 12.1 Å². The normalized spacial score (nSPS) is 20.8. The molecular weight excluding hydrogens is 265 g/mol. The first kappa shape index (κ1) is 10.1. The highest BCUT2D eigenvalue weighted by molar-refractivity contribution is 14.0. The number of hydrogen-bond acceptors (Lipinski definition) is 1. The summed E-state index contributed by atoms with van der Waals surface area (Å²) in [5.41, 5.74) is 0. The van der Waals surface area contributed by atoms with Crippen molar-refractivity contribution in [1.82, 2.24) is 10.6 Å². The first-order chi connectivity index (χ1) is 5.38. The van der Waals surface area contributed by atoms with Gasteiger partial charge in [0.1, 0.15) is 0 Å². The molecule has 2 rings (SSSR count). The number of halogens is 1. The number of nitrogens with zero attached hydrogens (tertiary/aromatic N) is 1. The molecule has 12 heavy (non-hydrogen) atoms. The Labute approximate surface area is 90.4 Å². The fraction of sp³-hybridized carbons (Fsp3) is 0.875. The van der Waals surface area contributed by atoms with Gasteiger partial charge in [-0.1, -0.05) is 0 Å². The number of hydrogen-bond donors (Lipinski definition) is 2. The summed E-state index contributed by atoms with van der Waals surface area (Å²) < 4.78 is 0. The third-order valence-corrected chi connectivity index (χ3v) is 2.06. The Bertz CT molecular complexity index is 157. The van der Waals surface area contributed by atoms with Gasteiger partial charge in [-0.2, -0.15) is 0 Å². The molecule has 2 N–H and O–H groups in total. The maximum absolute atomic E-state index is 4.14. The van der Waals surface area contributed by atoms with Gasteiger partial charge < -0.3 is 10.6 Å². The molecule has 0 atom stereocenters. The standard InChI is InChI=1S/C8H15N3.HI/c1-9-8(10-6-2-3-6)11-7-4-5-7;/h6-7H,2-5H2,1H3,(H2,9,10,11);1H. The zero-order valence-corrected chi connectivity index (χ0v) is 9.67. The van der Waals surface area contributed by atoms with Crippen LogP contribution >= 0.6 is 24.0 Å². The van der Waals surface area contributed by atoms with Gasteiger partial charge in [-0.15, -0.1) is 24.0 Å². The number of nitrogens with one attached hydrogen (secondary N) is 2. The van der Waals surface area contributed by atoms with E-state index < -0.39 is 0 Å². The lowest BCUT2D eigenvalue weighted by Gasteiger charge is -2.08. The monoisotopic (exact) mass is 281 g/mol. The van der Waals surface area contributed by atoms with E-state index in [1.165, 1.54) is 25.7 Å². The van der Waals surface area contributed by atoms with E-state index in [0.717, 1.165) is 5.96 Å². The van der Waals surface area contributed by atoms with Gasteiger partial charge in [-0.05, 0) is 25.7 Å². The SMILES string of the molecule is CN=C(NC1CC1)NC1CC1.I. The summed E-state index contributed by atoms with van der Waals surface area (Å²) >= 11 is 0. The van der Waals surface area contributed by atoms with Gasteiger partial charge in [0.2, 0.25) is 0 Å². The summed E-state index contributed by atoms with van der Waals surface area (Å²) in [5.74, 6) is 0.995. The average Bonchev–Trinajstić information content (AvgIpc) is 2.78. The molecule has 0 unspecified atom stereocenters. The van der Waals surface area contributed by atoms with Crippen molar-refractivity contribution in [2.45, 2.75) is 37.8 Å². The Morgan fingerprint density at radius 1 is 1.08 bits per heavy atom. The first-order valence-corrected chi connectivity index (χ1v) is 4.38. The highest BCUT2D eigenvalue weighted by Crippen LogP contribution is 2.20. The summed E-state index contributed by atoms with van der Waals surface area (Å²) in [6, 6.07) is 1.42. The molecule has 0 bridgehead atoms. The van der Waals surface area contributed by atoms with Gasteiger partial charge in [0.15, 0.2) is 5.96 Å². The fourth-order valence-corrected chi connectivity index (χ4v) is 1.01. The number of aliphatic imine (C=N–C) groups is 1. The van der Waals surface area contributed by atoms with Gasteiger partial charge in [0, 0.05) is 19.1 Å². The van der Waals surface area contributed by atoms with Crippen LogP contribution in [0.15, 0.2) is 4.99 Å². The zero-order valence-electron chi connectivity index (χ0n) is 7.34. The van der Waals surface area contributed by atoms with Gasteiger partial charge >= 0.3 is 0 Å².